The standard InChI is InChI=1S/C14H16N4O3S/c1-14(2,3)12-8-22-13(16-12)17-15-7-9-6-10(18(20)21)4-5-11(9)19/h4-8,19H,1-3H3,(H,16,17). The first-order chi connectivity index (χ1) is 10.3. The molecule has 0 aliphatic carbocycles. The molecule has 0 atom stereocenters. The molecule has 22 heavy (non-hydrogen) atoms. The molecule has 2 aromatic rings. The van der Waals surface area contributed by atoms with Crippen LogP contribution in [0.3, 0.4) is 0 Å². The molecule has 2 rings (SSSR count). The number of non-ortho nitro benzene ring substituents is 1. The van der Waals surface area contributed by atoms with Gasteiger partial charge in [0.05, 0.1) is 16.8 Å². The lowest BCUT2D eigenvalue weighted by Gasteiger charge is -2.13. The third-order valence-corrected chi connectivity index (χ3v) is 3.61. The summed E-state index contributed by atoms with van der Waals surface area (Å²) in [7, 11) is 0. The number of benzene rings is 1. The highest BCUT2D eigenvalue weighted by Crippen LogP contribution is 2.26. The van der Waals surface area contributed by atoms with Gasteiger partial charge in [-0.05, 0) is 6.07 Å². The predicted octanol–water partition coefficient (Wildman–Crippen LogP) is 3.50. The molecule has 2 N–H and O–H groups in total. The van der Waals surface area contributed by atoms with Crippen molar-refractivity contribution < 1.29 is 10.0 Å². The van der Waals surface area contributed by atoms with E-state index in [2.05, 4.69) is 36.3 Å². The number of aromatic nitrogens is 1. The average molecular weight is 320 g/mol. The summed E-state index contributed by atoms with van der Waals surface area (Å²) in [6.45, 7) is 6.20. The highest BCUT2D eigenvalue weighted by molar-refractivity contribution is 7.13. The van der Waals surface area contributed by atoms with Crippen LogP contribution >= 0.6 is 11.3 Å². The van der Waals surface area contributed by atoms with Crippen LogP contribution in [0, 0.1) is 10.1 Å². The lowest BCUT2D eigenvalue weighted by molar-refractivity contribution is -0.384. The molecular weight excluding hydrogens is 304 g/mol. The van der Waals surface area contributed by atoms with Crippen molar-refractivity contribution in [2.45, 2.75) is 26.2 Å². The van der Waals surface area contributed by atoms with Crippen molar-refractivity contribution in [1.29, 1.82) is 0 Å². The number of nitro groups is 1. The molecule has 0 amide bonds. The fourth-order valence-electron chi connectivity index (χ4n) is 1.59. The third-order valence-electron chi connectivity index (χ3n) is 2.86. The van der Waals surface area contributed by atoms with E-state index in [9.17, 15) is 15.2 Å². The van der Waals surface area contributed by atoms with Crippen LogP contribution in [0.4, 0.5) is 10.8 Å². The molecule has 0 aliphatic rings. The van der Waals surface area contributed by atoms with Crippen molar-refractivity contribution in [3.8, 4) is 5.75 Å². The first kappa shape index (κ1) is 15.9. The minimum Gasteiger partial charge on any atom is -0.507 e. The van der Waals surface area contributed by atoms with Crippen molar-refractivity contribution >= 4 is 28.4 Å². The highest BCUT2D eigenvalue weighted by atomic mass is 32.1. The topological polar surface area (TPSA) is 101 Å². The second-order valence-corrected chi connectivity index (χ2v) is 6.52. The van der Waals surface area contributed by atoms with Crippen molar-refractivity contribution in [3.63, 3.8) is 0 Å². The zero-order valence-electron chi connectivity index (χ0n) is 12.4. The molecular formula is C14H16N4O3S. The van der Waals surface area contributed by atoms with Crippen LogP contribution in [-0.2, 0) is 5.41 Å². The Bertz CT molecular complexity index is 719. The molecule has 7 nitrogen and oxygen atoms in total. The van der Waals surface area contributed by atoms with Gasteiger partial charge >= 0.3 is 0 Å². The Balaban J connectivity index is 2.11. The monoisotopic (exact) mass is 320 g/mol. The van der Waals surface area contributed by atoms with Crippen LogP contribution in [0.25, 0.3) is 0 Å². The zero-order valence-corrected chi connectivity index (χ0v) is 13.2. The van der Waals surface area contributed by atoms with Gasteiger partial charge < -0.3 is 5.11 Å². The minimum absolute atomic E-state index is 0.0432. The van der Waals surface area contributed by atoms with Crippen LogP contribution in [-0.4, -0.2) is 21.2 Å². The van der Waals surface area contributed by atoms with Crippen molar-refractivity contribution in [2.24, 2.45) is 5.10 Å². The predicted molar refractivity (Wildman–Crippen MR) is 86.8 cm³/mol. The Morgan fingerprint density at radius 2 is 2.18 bits per heavy atom. The average Bonchev–Trinajstić information content (AvgIpc) is 2.89. The Labute approximate surface area is 131 Å². The first-order valence-corrected chi connectivity index (χ1v) is 7.38. The third kappa shape index (κ3) is 3.79. The number of aromatic hydroxyl groups is 1. The number of phenolic OH excluding ortho intramolecular Hbond substituents is 1. The molecule has 1 heterocycles. The summed E-state index contributed by atoms with van der Waals surface area (Å²) < 4.78 is 0. The fourth-order valence-corrected chi connectivity index (χ4v) is 2.47. The van der Waals surface area contributed by atoms with Gasteiger partial charge in [-0.15, -0.1) is 11.3 Å². The molecule has 0 radical (unpaired) electrons. The van der Waals surface area contributed by atoms with Gasteiger partial charge in [-0.3, -0.25) is 15.5 Å². The van der Waals surface area contributed by atoms with E-state index in [1.807, 2.05) is 5.38 Å². The molecule has 0 bridgehead atoms. The molecule has 0 aliphatic heterocycles. The van der Waals surface area contributed by atoms with Gasteiger partial charge in [-0.25, -0.2) is 4.98 Å². The molecule has 116 valence electrons. The number of hydrazone groups is 1. The van der Waals surface area contributed by atoms with Gasteiger partial charge in [0.1, 0.15) is 5.75 Å². The van der Waals surface area contributed by atoms with Gasteiger partial charge in [-0.1, -0.05) is 20.8 Å². The van der Waals surface area contributed by atoms with Crippen LogP contribution in [0.2, 0.25) is 0 Å². The largest absolute Gasteiger partial charge is 0.507 e. The van der Waals surface area contributed by atoms with Crippen LogP contribution in [0.5, 0.6) is 5.75 Å². The van der Waals surface area contributed by atoms with E-state index in [1.54, 1.807) is 0 Å². The lowest BCUT2D eigenvalue weighted by Crippen LogP contribution is -2.11. The van der Waals surface area contributed by atoms with Crippen molar-refractivity contribution in [3.05, 3.63) is 45.0 Å². The molecule has 0 unspecified atom stereocenters. The van der Waals surface area contributed by atoms with E-state index in [4.69, 9.17) is 0 Å². The quantitative estimate of drug-likeness (QED) is 0.510. The summed E-state index contributed by atoms with van der Waals surface area (Å²) >= 11 is 1.42. The van der Waals surface area contributed by atoms with E-state index in [0.29, 0.717) is 5.13 Å². The number of anilines is 1. The number of nitro benzene ring substituents is 1. The Morgan fingerprint density at radius 1 is 1.45 bits per heavy atom. The van der Waals surface area contributed by atoms with Crippen molar-refractivity contribution in [1.82, 2.24) is 4.98 Å². The van der Waals surface area contributed by atoms with E-state index in [0.717, 1.165) is 5.69 Å². The van der Waals surface area contributed by atoms with E-state index in [1.165, 1.54) is 35.8 Å². The van der Waals surface area contributed by atoms with Crippen LogP contribution in [0.1, 0.15) is 32.0 Å². The second-order valence-electron chi connectivity index (χ2n) is 5.66. The van der Waals surface area contributed by atoms with Gasteiger partial charge in [-0.2, -0.15) is 5.10 Å². The number of nitrogens with one attached hydrogen (secondary N) is 1. The Hall–Kier alpha value is -2.48. The number of nitrogens with zero attached hydrogens (tertiary/aromatic N) is 3. The first-order valence-electron chi connectivity index (χ1n) is 6.50. The highest BCUT2D eigenvalue weighted by Gasteiger charge is 2.17. The number of rotatable bonds is 4. The Kier molecular flexibility index (Phi) is 4.41. The summed E-state index contributed by atoms with van der Waals surface area (Å²) in [6.07, 6.45) is 1.32. The number of hydrogen-bond donors (Lipinski definition) is 2. The number of hydrogen-bond acceptors (Lipinski definition) is 7. The summed E-state index contributed by atoms with van der Waals surface area (Å²) in [5.74, 6) is -0.0781. The minimum atomic E-state index is -0.527. The van der Waals surface area contributed by atoms with Crippen LogP contribution < -0.4 is 5.43 Å². The van der Waals surface area contributed by atoms with E-state index < -0.39 is 4.92 Å². The summed E-state index contributed by atoms with van der Waals surface area (Å²) in [5.41, 5.74) is 3.82. The molecule has 1 aromatic heterocycles. The maximum Gasteiger partial charge on any atom is 0.270 e. The van der Waals surface area contributed by atoms with Crippen molar-refractivity contribution in [2.75, 3.05) is 5.43 Å². The molecule has 0 fully saturated rings. The van der Waals surface area contributed by atoms with Gasteiger partial charge in [0.2, 0.25) is 5.13 Å². The Morgan fingerprint density at radius 3 is 2.77 bits per heavy atom. The normalized spacial score (nSPS) is 11.8. The summed E-state index contributed by atoms with van der Waals surface area (Å²) in [4.78, 5) is 14.6. The molecule has 0 spiro atoms. The SMILES string of the molecule is CC(C)(C)c1csc(NN=Cc2cc([N+](=O)[O-])ccc2O)n1. The van der Waals surface area contributed by atoms with Crippen LogP contribution in [0.15, 0.2) is 28.7 Å². The number of thiazole rings is 1. The molecule has 0 saturated heterocycles. The maximum absolute atomic E-state index is 10.7. The fraction of sp³-hybridized carbons (Fsp3) is 0.286. The van der Waals surface area contributed by atoms with Gasteiger partial charge in [0, 0.05) is 28.5 Å². The second kappa shape index (κ2) is 6.10. The van der Waals surface area contributed by atoms with E-state index in [-0.39, 0.29) is 22.4 Å². The van der Waals surface area contributed by atoms with Gasteiger partial charge in [0.25, 0.3) is 5.69 Å². The van der Waals surface area contributed by atoms with Gasteiger partial charge in [0.15, 0.2) is 0 Å². The summed E-state index contributed by atoms with van der Waals surface area (Å²) in [6, 6.07) is 3.75. The molecule has 1 aromatic carbocycles. The molecule has 8 heteroatoms. The zero-order chi connectivity index (χ0) is 16.3. The smallest absolute Gasteiger partial charge is 0.270 e. The molecule has 0 saturated carbocycles. The van der Waals surface area contributed by atoms with E-state index >= 15 is 0 Å². The maximum atomic E-state index is 10.7. The number of phenols is 1. The summed E-state index contributed by atoms with van der Waals surface area (Å²) in [5, 5.41) is 26.9. The lowest BCUT2D eigenvalue weighted by atomic mass is 9.93.